The molecule has 0 aliphatic heterocycles. The highest BCUT2D eigenvalue weighted by Gasteiger charge is 2.06. The van der Waals surface area contributed by atoms with Crippen molar-refractivity contribution in [2.45, 2.75) is 0 Å². The minimum absolute atomic E-state index is 0.555. The summed E-state index contributed by atoms with van der Waals surface area (Å²) in [6.07, 6.45) is 1.85. The summed E-state index contributed by atoms with van der Waals surface area (Å²) in [5.41, 5.74) is 9.06. The number of fused-ring (bicyclic) bond motifs is 1. The van der Waals surface area contributed by atoms with Gasteiger partial charge in [-0.15, -0.1) is 5.10 Å². The zero-order valence-electron chi connectivity index (χ0n) is 9.87. The monoisotopic (exact) mass is 240 g/mol. The number of ether oxygens (including phenoxy) is 1. The fourth-order valence-corrected chi connectivity index (χ4v) is 1.81. The Morgan fingerprint density at radius 3 is 2.89 bits per heavy atom. The Bertz CT molecular complexity index is 705. The summed E-state index contributed by atoms with van der Waals surface area (Å²) < 4.78 is 6.77. The molecule has 5 nitrogen and oxygen atoms in total. The van der Waals surface area contributed by atoms with Crippen molar-refractivity contribution in [3.8, 4) is 17.1 Å². The lowest BCUT2D eigenvalue weighted by atomic mass is 10.1. The summed E-state index contributed by atoms with van der Waals surface area (Å²) in [5, 5.41) is 4.26. The van der Waals surface area contributed by atoms with Crippen molar-refractivity contribution in [3.05, 3.63) is 42.6 Å². The van der Waals surface area contributed by atoms with Crippen LogP contribution in [0.5, 0.6) is 5.88 Å². The number of rotatable bonds is 2. The third-order valence-corrected chi connectivity index (χ3v) is 2.69. The lowest BCUT2D eigenvalue weighted by molar-refractivity contribution is 0.390. The van der Waals surface area contributed by atoms with Crippen LogP contribution in [0.3, 0.4) is 0 Å². The molecule has 3 rings (SSSR count). The van der Waals surface area contributed by atoms with Crippen LogP contribution < -0.4 is 10.5 Å². The standard InChI is InChI=1S/C13H12N4O/c1-18-13-6-5-12-15-11(8-17(12)16-13)9-3-2-4-10(14)7-9/h2-8H,14H2,1H3. The van der Waals surface area contributed by atoms with E-state index in [1.165, 1.54) is 0 Å². The molecule has 2 aromatic heterocycles. The second-order valence-corrected chi connectivity index (χ2v) is 3.93. The van der Waals surface area contributed by atoms with E-state index in [1.807, 2.05) is 36.5 Å². The van der Waals surface area contributed by atoms with Crippen molar-refractivity contribution in [1.82, 2.24) is 14.6 Å². The minimum Gasteiger partial charge on any atom is -0.480 e. The Balaban J connectivity index is 2.13. The van der Waals surface area contributed by atoms with Crippen LogP contribution in [0.1, 0.15) is 0 Å². The van der Waals surface area contributed by atoms with Crippen molar-refractivity contribution in [2.24, 2.45) is 0 Å². The van der Waals surface area contributed by atoms with E-state index in [1.54, 1.807) is 17.7 Å². The fourth-order valence-electron chi connectivity index (χ4n) is 1.81. The van der Waals surface area contributed by atoms with Gasteiger partial charge in [0.2, 0.25) is 5.88 Å². The molecule has 0 amide bonds. The van der Waals surface area contributed by atoms with Crippen molar-refractivity contribution in [2.75, 3.05) is 12.8 Å². The highest BCUT2D eigenvalue weighted by Crippen LogP contribution is 2.21. The Kier molecular flexibility index (Phi) is 2.37. The number of nitrogen functional groups attached to an aromatic ring is 1. The number of anilines is 1. The van der Waals surface area contributed by atoms with Gasteiger partial charge in [0.25, 0.3) is 0 Å². The van der Waals surface area contributed by atoms with E-state index in [4.69, 9.17) is 10.5 Å². The van der Waals surface area contributed by atoms with Gasteiger partial charge in [-0.25, -0.2) is 9.50 Å². The van der Waals surface area contributed by atoms with Crippen LogP contribution in [0.15, 0.2) is 42.6 Å². The highest BCUT2D eigenvalue weighted by atomic mass is 16.5. The summed E-state index contributed by atoms with van der Waals surface area (Å²) in [7, 11) is 1.59. The molecule has 0 atom stereocenters. The van der Waals surface area contributed by atoms with Crippen LogP contribution in [0.25, 0.3) is 16.9 Å². The molecule has 0 unspecified atom stereocenters. The summed E-state index contributed by atoms with van der Waals surface area (Å²) in [5.74, 6) is 0.555. The number of hydrogen-bond donors (Lipinski definition) is 1. The molecule has 0 spiro atoms. The van der Waals surface area contributed by atoms with E-state index in [-0.39, 0.29) is 0 Å². The van der Waals surface area contributed by atoms with Crippen molar-refractivity contribution in [3.63, 3.8) is 0 Å². The number of nitrogens with two attached hydrogens (primary N) is 1. The van der Waals surface area contributed by atoms with Crippen LogP contribution in [-0.2, 0) is 0 Å². The van der Waals surface area contributed by atoms with Crippen molar-refractivity contribution in [1.29, 1.82) is 0 Å². The smallest absolute Gasteiger partial charge is 0.231 e. The number of hydrogen-bond acceptors (Lipinski definition) is 4. The first-order valence-corrected chi connectivity index (χ1v) is 5.52. The first-order chi connectivity index (χ1) is 8.76. The number of benzene rings is 1. The molecule has 1 aromatic carbocycles. The summed E-state index contributed by atoms with van der Waals surface area (Å²) in [6, 6.07) is 11.3. The fraction of sp³-hybridized carbons (Fsp3) is 0.0769. The molecular formula is C13H12N4O. The van der Waals surface area contributed by atoms with Gasteiger partial charge in [0.05, 0.1) is 19.0 Å². The Hall–Kier alpha value is -2.56. The molecule has 5 heteroatoms. The maximum Gasteiger partial charge on any atom is 0.231 e. The van der Waals surface area contributed by atoms with Gasteiger partial charge in [0, 0.05) is 17.3 Å². The third kappa shape index (κ3) is 1.75. The number of aromatic nitrogens is 3. The van der Waals surface area contributed by atoms with E-state index in [0.29, 0.717) is 5.88 Å². The van der Waals surface area contributed by atoms with Crippen LogP contribution in [0.2, 0.25) is 0 Å². The quantitative estimate of drug-likeness (QED) is 0.696. The van der Waals surface area contributed by atoms with Crippen LogP contribution in [0.4, 0.5) is 5.69 Å². The van der Waals surface area contributed by atoms with Gasteiger partial charge in [-0.3, -0.25) is 0 Å². The van der Waals surface area contributed by atoms with Gasteiger partial charge < -0.3 is 10.5 Å². The first-order valence-electron chi connectivity index (χ1n) is 5.52. The molecule has 0 radical (unpaired) electrons. The van der Waals surface area contributed by atoms with Crippen molar-refractivity contribution < 1.29 is 4.74 Å². The lowest BCUT2D eigenvalue weighted by Crippen LogP contribution is -1.93. The van der Waals surface area contributed by atoms with Gasteiger partial charge >= 0.3 is 0 Å². The normalized spacial score (nSPS) is 10.7. The second kappa shape index (κ2) is 4.03. The van der Waals surface area contributed by atoms with Crippen LogP contribution in [0, 0.1) is 0 Å². The van der Waals surface area contributed by atoms with Gasteiger partial charge in [0.15, 0.2) is 5.65 Å². The summed E-state index contributed by atoms with van der Waals surface area (Å²) >= 11 is 0. The van der Waals surface area contributed by atoms with E-state index < -0.39 is 0 Å². The molecule has 0 bridgehead atoms. The van der Waals surface area contributed by atoms with Gasteiger partial charge in [-0.05, 0) is 18.2 Å². The second-order valence-electron chi connectivity index (χ2n) is 3.93. The van der Waals surface area contributed by atoms with E-state index in [2.05, 4.69) is 10.1 Å². The predicted molar refractivity (Wildman–Crippen MR) is 69.4 cm³/mol. The number of imidazole rings is 1. The molecule has 2 heterocycles. The molecular weight excluding hydrogens is 228 g/mol. The molecule has 0 fully saturated rings. The number of methoxy groups -OCH3 is 1. The Morgan fingerprint density at radius 1 is 1.22 bits per heavy atom. The molecule has 0 aliphatic carbocycles. The first kappa shape index (κ1) is 10.6. The molecule has 0 saturated heterocycles. The van der Waals surface area contributed by atoms with Gasteiger partial charge in [-0.2, -0.15) is 0 Å². The average Bonchev–Trinajstić information content (AvgIpc) is 2.81. The van der Waals surface area contributed by atoms with E-state index in [0.717, 1.165) is 22.6 Å². The molecule has 3 aromatic rings. The maximum atomic E-state index is 5.77. The van der Waals surface area contributed by atoms with Crippen molar-refractivity contribution >= 4 is 11.3 Å². The van der Waals surface area contributed by atoms with Crippen LogP contribution >= 0.6 is 0 Å². The molecule has 0 aliphatic rings. The SMILES string of the molecule is COc1ccc2nc(-c3cccc(N)c3)cn2n1. The van der Waals surface area contributed by atoms with E-state index >= 15 is 0 Å². The Morgan fingerprint density at radius 2 is 2.11 bits per heavy atom. The lowest BCUT2D eigenvalue weighted by Gasteiger charge is -1.97. The molecule has 90 valence electrons. The van der Waals surface area contributed by atoms with Gasteiger partial charge in [0.1, 0.15) is 0 Å². The molecule has 18 heavy (non-hydrogen) atoms. The predicted octanol–water partition coefficient (Wildman–Crippen LogP) is 1.99. The zero-order valence-corrected chi connectivity index (χ0v) is 9.87. The zero-order chi connectivity index (χ0) is 12.5. The Labute approximate surface area is 104 Å². The number of nitrogens with zero attached hydrogens (tertiary/aromatic N) is 3. The molecule has 2 N–H and O–H groups in total. The molecule has 0 saturated carbocycles. The average molecular weight is 240 g/mol. The largest absolute Gasteiger partial charge is 0.480 e. The topological polar surface area (TPSA) is 65.4 Å². The summed E-state index contributed by atoms with van der Waals surface area (Å²) in [4.78, 5) is 4.49. The minimum atomic E-state index is 0.555. The van der Waals surface area contributed by atoms with Gasteiger partial charge in [-0.1, -0.05) is 12.1 Å². The third-order valence-electron chi connectivity index (χ3n) is 2.69. The van der Waals surface area contributed by atoms with Crippen LogP contribution in [-0.4, -0.2) is 21.7 Å². The van der Waals surface area contributed by atoms with E-state index in [9.17, 15) is 0 Å². The maximum absolute atomic E-state index is 5.77. The highest BCUT2D eigenvalue weighted by molar-refractivity contribution is 5.66. The summed E-state index contributed by atoms with van der Waals surface area (Å²) in [6.45, 7) is 0.